The Morgan fingerprint density at radius 3 is 2.50 bits per heavy atom. The first kappa shape index (κ1) is 11.2. The molecule has 0 heterocycles. The molecule has 0 aromatic carbocycles. The van der Waals surface area contributed by atoms with Crippen molar-refractivity contribution in [2.75, 3.05) is 0 Å². The Balaban J connectivity index is 2.30. The van der Waals surface area contributed by atoms with E-state index in [1.54, 1.807) is 0 Å². The highest BCUT2D eigenvalue weighted by molar-refractivity contribution is 5.71. The molecule has 80 valence electrons. The third-order valence-corrected chi connectivity index (χ3v) is 2.99. The van der Waals surface area contributed by atoms with Crippen molar-refractivity contribution >= 4 is 12.3 Å². The summed E-state index contributed by atoms with van der Waals surface area (Å²) in [5, 5.41) is 8.59. The standard InChI is InChI=1S/C11H18O3/c12-8-10(7-11(13)14)6-9-4-2-1-3-5-9/h8-10H,1-7H2,(H,13,14). The molecule has 1 rings (SSSR count). The zero-order valence-electron chi connectivity index (χ0n) is 8.45. The summed E-state index contributed by atoms with van der Waals surface area (Å²) in [4.78, 5) is 21.1. The summed E-state index contributed by atoms with van der Waals surface area (Å²) in [6.45, 7) is 0. The lowest BCUT2D eigenvalue weighted by molar-refractivity contribution is -0.139. The van der Waals surface area contributed by atoms with E-state index in [4.69, 9.17) is 5.11 Å². The molecule has 1 fully saturated rings. The zero-order valence-corrected chi connectivity index (χ0v) is 8.45. The van der Waals surface area contributed by atoms with Crippen molar-refractivity contribution in [2.45, 2.75) is 44.9 Å². The van der Waals surface area contributed by atoms with Crippen LogP contribution in [0.25, 0.3) is 0 Å². The quantitative estimate of drug-likeness (QED) is 0.689. The third-order valence-electron chi connectivity index (χ3n) is 2.99. The largest absolute Gasteiger partial charge is 0.481 e. The van der Waals surface area contributed by atoms with E-state index >= 15 is 0 Å². The molecule has 0 spiro atoms. The normalized spacial score (nSPS) is 20.3. The number of carbonyl (C=O) groups excluding carboxylic acids is 1. The van der Waals surface area contributed by atoms with Crippen LogP contribution in [0.2, 0.25) is 0 Å². The maximum absolute atomic E-state index is 10.7. The van der Waals surface area contributed by atoms with Crippen LogP contribution in [0.15, 0.2) is 0 Å². The van der Waals surface area contributed by atoms with Gasteiger partial charge in [-0.25, -0.2) is 0 Å². The van der Waals surface area contributed by atoms with E-state index < -0.39 is 5.97 Å². The van der Waals surface area contributed by atoms with Crippen LogP contribution < -0.4 is 0 Å². The molecular formula is C11H18O3. The molecule has 1 aliphatic rings. The molecule has 1 N–H and O–H groups in total. The van der Waals surface area contributed by atoms with Gasteiger partial charge in [0, 0.05) is 5.92 Å². The molecule has 1 saturated carbocycles. The summed E-state index contributed by atoms with van der Waals surface area (Å²) in [6, 6.07) is 0. The van der Waals surface area contributed by atoms with Gasteiger partial charge in [0.25, 0.3) is 0 Å². The van der Waals surface area contributed by atoms with Gasteiger partial charge in [0.05, 0.1) is 6.42 Å². The van der Waals surface area contributed by atoms with Gasteiger partial charge in [0.15, 0.2) is 0 Å². The van der Waals surface area contributed by atoms with E-state index in [2.05, 4.69) is 0 Å². The van der Waals surface area contributed by atoms with Crippen molar-refractivity contribution in [1.29, 1.82) is 0 Å². The summed E-state index contributed by atoms with van der Waals surface area (Å²) in [6.07, 6.45) is 7.69. The molecule has 3 nitrogen and oxygen atoms in total. The Bertz CT molecular complexity index is 195. The molecule has 0 amide bonds. The van der Waals surface area contributed by atoms with Crippen molar-refractivity contribution in [2.24, 2.45) is 11.8 Å². The average molecular weight is 198 g/mol. The van der Waals surface area contributed by atoms with Crippen LogP contribution in [-0.4, -0.2) is 17.4 Å². The van der Waals surface area contributed by atoms with E-state index in [-0.39, 0.29) is 12.3 Å². The molecule has 0 aliphatic heterocycles. The summed E-state index contributed by atoms with van der Waals surface area (Å²) >= 11 is 0. The lowest BCUT2D eigenvalue weighted by Gasteiger charge is -2.23. The van der Waals surface area contributed by atoms with Crippen molar-refractivity contribution in [3.8, 4) is 0 Å². The van der Waals surface area contributed by atoms with Crippen molar-refractivity contribution in [3.63, 3.8) is 0 Å². The monoisotopic (exact) mass is 198 g/mol. The number of aliphatic carboxylic acids is 1. The van der Waals surface area contributed by atoms with Crippen LogP contribution >= 0.6 is 0 Å². The fourth-order valence-electron chi connectivity index (χ4n) is 2.26. The van der Waals surface area contributed by atoms with Crippen molar-refractivity contribution < 1.29 is 14.7 Å². The van der Waals surface area contributed by atoms with Gasteiger partial charge >= 0.3 is 5.97 Å². The molecule has 1 unspecified atom stereocenters. The first-order chi connectivity index (χ1) is 6.72. The number of carboxylic acid groups (broad SMARTS) is 1. The Morgan fingerprint density at radius 1 is 1.36 bits per heavy atom. The van der Waals surface area contributed by atoms with Crippen LogP contribution in [0.1, 0.15) is 44.9 Å². The lowest BCUT2D eigenvalue weighted by Crippen LogP contribution is -2.16. The highest BCUT2D eigenvalue weighted by Gasteiger charge is 2.20. The SMILES string of the molecule is O=CC(CC(=O)O)CC1CCCCC1. The molecule has 14 heavy (non-hydrogen) atoms. The van der Waals surface area contributed by atoms with Crippen LogP contribution in [0.3, 0.4) is 0 Å². The molecule has 0 bridgehead atoms. The minimum atomic E-state index is -0.863. The predicted octanol–water partition coefficient (Wildman–Crippen LogP) is 2.25. The average Bonchev–Trinajstić information content (AvgIpc) is 2.17. The first-order valence-electron chi connectivity index (χ1n) is 5.39. The maximum Gasteiger partial charge on any atom is 0.304 e. The molecule has 0 radical (unpaired) electrons. The fourth-order valence-corrected chi connectivity index (χ4v) is 2.26. The minimum Gasteiger partial charge on any atom is -0.481 e. The number of aldehydes is 1. The molecule has 1 aliphatic carbocycles. The third kappa shape index (κ3) is 3.90. The van der Waals surface area contributed by atoms with E-state index in [1.807, 2.05) is 0 Å². The molecule has 1 atom stereocenters. The van der Waals surface area contributed by atoms with E-state index in [1.165, 1.54) is 32.1 Å². The molecular weight excluding hydrogens is 180 g/mol. The number of carbonyl (C=O) groups is 2. The summed E-state index contributed by atoms with van der Waals surface area (Å²) in [5.41, 5.74) is 0. The van der Waals surface area contributed by atoms with Crippen LogP contribution in [-0.2, 0) is 9.59 Å². The number of carboxylic acids is 1. The smallest absolute Gasteiger partial charge is 0.304 e. The van der Waals surface area contributed by atoms with E-state index in [0.717, 1.165) is 12.7 Å². The highest BCUT2D eigenvalue weighted by atomic mass is 16.4. The minimum absolute atomic E-state index is 0. The van der Waals surface area contributed by atoms with Gasteiger partial charge in [0.1, 0.15) is 6.29 Å². The van der Waals surface area contributed by atoms with Crippen LogP contribution in [0.4, 0.5) is 0 Å². The maximum atomic E-state index is 10.7. The van der Waals surface area contributed by atoms with Gasteiger partial charge in [-0.05, 0) is 12.3 Å². The molecule has 0 aromatic heterocycles. The van der Waals surface area contributed by atoms with Gasteiger partial charge < -0.3 is 9.90 Å². The first-order valence-corrected chi connectivity index (χ1v) is 5.39. The summed E-state index contributed by atoms with van der Waals surface area (Å²) < 4.78 is 0. The van der Waals surface area contributed by atoms with Crippen molar-refractivity contribution in [3.05, 3.63) is 0 Å². The number of hydrogen-bond donors (Lipinski definition) is 1. The Kier molecular flexibility index (Phi) is 4.63. The molecule has 0 aromatic rings. The lowest BCUT2D eigenvalue weighted by atomic mass is 9.82. The second-order valence-corrected chi connectivity index (χ2v) is 4.23. The Labute approximate surface area is 84.5 Å². The van der Waals surface area contributed by atoms with Gasteiger partial charge in [-0.15, -0.1) is 0 Å². The number of rotatable bonds is 5. The van der Waals surface area contributed by atoms with Crippen LogP contribution in [0, 0.1) is 11.8 Å². The van der Waals surface area contributed by atoms with E-state index in [9.17, 15) is 9.59 Å². The van der Waals surface area contributed by atoms with Gasteiger partial charge in [-0.2, -0.15) is 0 Å². The fraction of sp³-hybridized carbons (Fsp3) is 0.818. The van der Waals surface area contributed by atoms with Gasteiger partial charge in [0.2, 0.25) is 0 Å². The zero-order chi connectivity index (χ0) is 10.4. The van der Waals surface area contributed by atoms with Gasteiger partial charge in [-0.3, -0.25) is 4.79 Å². The van der Waals surface area contributed by atoms with E-state index in [0.29, 0.717) is 5.92 Å². The van der Waals surface area contributed by atoms with Crippen molar-refractivity contribution in [1.82, 2.24) is 0 Å². The highest BCUT2D eigenvalue weighted by Crippen LogP contribution is 2.29. The predicted molar refractivity (Wildman–Crippen MR) is 53.0 cm³/mol. The number of hydrogen-bond acceptors (Lipinski definition) is 2. The topological polar surface area (TPSA) is 54.4 Å². The van der Waals surface area contributed by atoms with Crippen LogP contribution in [0.5, 0.6) is 0 Å². The van der Waals surface area contributed by atoms with Gasteiger partial charge in [-0.1, -0.05) is 32.1 Å². The summed E-state index contributed by atoms with van der Waals surface area (Å²) in [7, 11) is 0. The Morgan fingerprint density at radius 2 is 2.00 bits per heavy atom. The molecule has 0 saturated heterocycles. The second-order valence-electron chi connectivity index (χ2n) is 4.23. The summed E-state index contributed by atoms with van der Waals surface area (Å²) in [5.74, 6) is -0.549. The Hall–Kier alpha value is -0.860. The molecule has 3 heteroatoms. The second kappa shape index (κ2) is 5.78.